The lowest BCUT2D eigenvalue weighted by Crippen LogP contribution is -2.24. The van der Waals surface area contributed by atoms with Crippen molar-refractivity contribution in [3.8, 4) is 0 Å². The average molecular weight is 251 g/mol. The highest BCUT2D eigenvalue weighted by Gasteiger charge is 2.26. The Morgan fingerprint density at radius 1 is 1.00 bits per heavy atom. The lowest BCUT2D eigenvalue weighted by Gasteiger charge is -2.20. The lowest BCUT2D eigenvalue weighted by molar-refractivity contribution is -0.118. The second-order valence-electron chi connectivity index (χ2n) is 5.01. The van der Waals surface area contributed by atoms with Crippen molar-refractivity contribution in [1.82, 2.24) is 0 Å². The van der Waals surface area contributed by atoms with E-state index in [2.05, 4.69) is 36.4 Å². The van der Waals surface area contributed by atoms with E-state index in [1.54, 1.807) is 4.90 Å². The third kappa shape index (κ3) is 2.14. The number of carbonyl (C=O) groups excluding carboxylic acids is 1. The topological polar surface area (TPSA) is 20.3 Å². The fourth-order valence-electron chi connectivity index (χ4n) is 2.84. The van der Waals surface area contributed by atoms with Gasteiger partial charge in [0, 0.05) is 25.1 Å². The molecule has 0 aliphatic carbocycles. The minimum atomic E-state index is 0.200. The molecule has 2 aromatic carbocycles. The number of rotatable bonds is 1. The van der Waals surface area contributed by atoms with Crippen molar-refractivity contribution < 1.29 is 4.79 Å². The number of fused-ring (bicyclic) bond motifs is 1. The maximum Gasteiger partial charge on any atom is 0.226 e. The summed E-state index contributed by atoms with van der Waals surface area (Å²) in [5.74, 6) is 0.511. The Bertz CT molecular complexity index is 591. The molecule has 3 rings (SSSR count). The molecule has 0 fully saturated rings. The van der Waals surface area contributed by atoms with E-state index in [0.29, 0.717) is 12.3 Å². The second kappa shape index (κ2) is 4.88. The van der Waals surface area contributed by atoms with E-state index in [4.69, 9.17) is 0 Å². The quantitative estimate of drug-likeness (QED) is 0.758. The van der Waals surface area contributed by atoms with Gasteiger partial charge in [0.25, 0.3) is 0 Å². The Morgan fingerprint density at radius 2 is 1.68 bits per heavy atom. The van der Waals surface area contributed by atoms with E-state index < -0.39 is 0 Å². The van der Waals surface area contributed by atoms with Gasteiger partial charge < -0.3 is 4.90 Å². The lowest BCUT2D eigenvalue weighted by atomic mass is 9.87. The molecule has 1 aliphatic rings. The molecular weight excluding hydrogens is 234 g/mol. The molecule has 0 saturated carbocycles. The van der Waals surface area contributed by atoms with Crippen LogP contribution in [-0.2, 0) is 4.79 Å². The van der Waals surface area contributed by atoms with Crippen LogP contribution in [0.1, 0.15) is 29.9 Å². The van der Waals surface area contributed by atoms with Crippen LogP contribution in [-0.4, -0.2) is 13.0 Å². The van der Waals surface area contributed by atoms with Crippen molar-refractivity contribution in [3.05, 3.63) is 65.7 Å². The van der Waals surface area contributed by atoms with Gasteiger partial charge >= 0.3 is 0 Å². The molecule has 0 unspecified atom stereocenters. The minimum Gasteiger partial charge on any atom is -0.315 e. The van der Waals surface area contributed by atoms with E-state index in [9.17, 15) is 4.79 Å². The Morgan fingerprint density at radius 3 is 2.47 bits per heavy atom. The minimum absolute atomic E-state index is 0.200. The molecule has 2 aromatic rings. The molecule has 2 heteroatoms. The van der Waals surface area contributed by atoms with E-state index in [1.165, 1.54) is 11.1 Å². The van der Waals surface area contributed by atoms with Crippen LogP contribution in [0.3, 0.4) is 0 Å². The number of para-hydroxylation sites is 1. The van der Waals surface area contributed by atoms with Gasteiger partial charge in [-0.15, -0.1) is 0 Å². The summed E-state index contributed by atoms with van der Waals surface area (Å²) in [6.45, 7) is 0. The maximum absolute atomic E-state index is 12.1. The summed E-state index contributed by atoms with van der Waals surface area (Å²) < 4.78 is 0. The van der Waals surface area contributed by atoms with Gasteiger partial charge in [-0.2, -0.15) is 0 Å². The van der Waals surface area contributed by atoms with Gasteiger partial charge in [-0.1, -0.05) is 48.5 Å². The monoisotopic (exact) mass is 251 g/mol. The summed E-state index contributed by atoms with van der Waals surface area (Å²) in [4.78, 5) is 13.9. The predicted molar refractivity (Wildman–Crippen MR) is 77.4 cm³/mol. The molecule has 2 nitrogen and oxygen atoms in total. The predicted octanol–water partition coefficient (Wildman–Crippen LogP) is 3.58. The molecule has 0 N–H and O–H groups in total. The summed E-state index contributed by atoms with van der Waals surface area (Å²) in [6.07, 6.45) is 1.48. The van der Waals surface area contributed by atoms with E-state index in [-0.39, 0.29) is 5.91 Å². The summed E-state index contributed by atoms with van der Waals surface area (Å²) >= 11 is 0. The molecule has 1 heterocycles. The summed E-state index contributed by atoms with van der Waals surface area (Å²) in [5, 5.41) is 0. The first kappa shape index (κ1) is 12.0. The maximum atomic E-state index is 12.1. The van der Waals surface area contributed by atoms with Gasteiger partial charge in [-0.3, -0.25) is 4.79 Å². The molecule has 0 bridgehead atoms. The third-order valence-corrected chi connectivity index (χ3v) is 3.90. The number of anilines is 1. The highest BCUT2D eigenvalue weighted by molar-refractivity contribution is 5.94. The van der Waals surface area contributed by atoms with Gasteiger partial charge in [0.1, 0.15) is 0 Å². The summed E-state index contributed by atoms with van der Waals surface area (Å²) in [7, 11) is 1.87. The van der Waals surface area contributed by atoms with E-state index in [1.807, 2.05) is 25.2 Å². The molecular formula is C17H17NO. The van der Waals surface area contributed by atoms with Crippen molar-refractivity contribution in [2.75, 3.05) is 11.9 Å². The first-order valence-electron chi connectivity index (χ1n) is 6.68. The van der Waals surface area contributed by atoms with Gasteiger partial charge in [0.15, 0.2) is 0 Å². The normalized spacial score (nSPS) is 18.9. The van der Waals surface area contributed by atoms with Crippen LogP contribution in [0.4, 0.5) is 5.69 Å². The largest absolute Gasteiger partial charge is 0.315 e. The Labute approximate surface area is 113 Å². The first-order valence-corrected chi connectivity index (χ1v) is 6.68. The average Bonchev–Trinajstić information content (AvgIpc) is 2.59. The molecule has 1 aliphatic heterocycles. The van der Waals surface area contributed by atoms with Crippen LogP contribution in [0, 0.1) is 0 Å². The highest BCUT2D eigenvalue weighted by atomic mass is 16.2. The molecule has 0 radical (unpaired) electrons. The highest BCUT2D eigenvalue weighted by Crippen LogP contribution is 2.38. The molecule has 0 saturated heterocycles. The molecule has 19 heavy (non-hydrogen) atoms. The van der Waals surface area contributed by atoms with Crippen molar-refractivity contribution in [2.24, 2.45) is 0 Å². The van der Waals surface area contributed by atoms with Crippen LogP contribution in [0.2, 0.25) is 0 Å². The first-order chi connectivity index (χ1) is 9.27. The van der Waals surface area contributed by atoms with Crippen molar-refractivity contribution in [3.63, 3.8) is 0 Å². The summed E-state index contributed by atoms with van der Waals surface area (Å²) in [5.41, 5.74) is 3.58. The number of hydrogen-bond acceptors (Lipinski definition) is 1. The van der Waals surface area contributed by atoms with Crippen molar-refractivity contribution in [2.45, 2.75) is 18.8 Å². The van der Waals surface area contributed by atoms with Gasteiger partial charge in [-0.25, -0.2) is 0 Å². The number of carbonyl (C=O) groups is 1. The number of amides is 1. The smallest absolute Gasteiger partial charge is 0.226 e. The Kier molecular flexibility index (Phi) is 3.08. The molecule has 0 spiro atoms. The third-order valence-electron chi connectivity index (χ3n) is 3.90. The number of hydrogen-bond donors (Lipinski definition) is 0. The standard InChI is InChI=1S/C17H17NO/c1-18-16-10-6-5-9-15(16)14(11-12-17(18)19)13-7-3-2-4-8-13/h2-10,14H,11-12H2,1H3/t14-/m1/s1. The van der Waals surface area contributed by atoms with E-state index >= 15 is 0 Å². The Balaban J connectivity index is 2.12. The Hall–Kier alpha value is -2.09. The van der Waals surface area contributed by atoms with Crippen LogP contribution < -0.4 is 4.90 Å². The van der Waals surface area contributed by atoms with Gasteiger partial charge in [-0.05, 0) is 23.6 Å². The van der Waals surface area contributed by atoms with Crippen LogP contribution in [0.15, 0.2) is 54.6 Å². The molecule has 96 valence electrons. The van der Waals surface area contributed by atoms with E-state index in [0.717, 1.165) is 12.1 Å². The number of nitrogens with zero attached hydrogens (tertiary/aromatic N) is 1. The van der Waals surface area contributed by atoms with Crippen LogP contribution in [0.25, 0.3) is 0 Å². The fraction of sp³-hybridized carbons (Fsp3) is 0.235. The summed E-state index contributed by atoms with van der Waals surface area (Å²) in [6, 6.07) is 18.7. The van der Waals surface area contributed by atoms with Gasteiger partial charge in [0.2, 0.25) is 5.91 Å². The SMILES string of the molecule is CN1C(=O)CC[C@H](c2ccccc2)c2ccccc21. The zero-order valence-corrected chi connectivity index (χ0v) is 11.0. The second-order valence-corrected chi connectivity index (χ2v) is 5.01. The molecule has 1 amide bonds. The van der Waals surface area contributed by atoms with Crippen molar-refractivity contribution >= 4 is 11.6 Å². The van der Waals surface area contributed by atoms with Crippen molar-refractivity contribution in [1.29, 1.82) is 0 Å². The molecule has 1 atom stereocenters. The zero-order valence-electron chi connectivity index (χ0n) is 11.0. The fourth-order valence-corrected chi connectivity index (χ4v) is 2.84. The van der Waals surface area contributed by atoms with Crippen LogP contribution >= 0.6 is 0 Å². The number of benzene rings is 2. The van der Waals surface area contributed by atoms with Gasteiger partial charge in [0.05, 0.1) is 0 Å². The zero-order chi connectivity index (χ0) is 13.2. The van der Waals surface area contributed by atoms with Crippen LogP contribution in [0.5, 0.6) is 0 Å². The molecule has 0 aromatic heterocycles.